The minimum atomic E-state index is -3.22. The van der Waals surface area contributed by atoms with Crippen LogP contribution in [0.2, 0.25) is 5.02 Å². The highest BCUT2D eigenvalue weighted by molar-refractivity contribution is 7.93. The van der Waals surface area contributed by atoms with E-state index in [1.807, 2.05) is 43.4 Å². The fourth-order valence-corrected chi connectivity index (χ4v) is 3.51. The molecule has 0 aliphatic rings. The number of benzene rings is 2. The second kappa shape index (κ2) is 9.26. The molecule has 0 aromatic heterocycles. The van der Waals surface area contributed by atoms with Crippen LogP contribution in [-0.2, 0) is 9.84 Å². The van der Waals surface area contributed by atoms with E-state index in [1.54, 1.807) is 19.1 Å². The predicted octanol–water partition coefficient (Wildman–Crippen LogP) is 4.21. The number of carbonyl (C=O) groups is 1. The highest BCUT2D eigenvalue weighted by Crippen LogP contribution is 2.29. The van der Waals surface area contributed by atoms with E-state index in [9.17, 15) is 13.2 Å². The van der Waals surface area contributed by atoms with Gasteiger partial charge >= 0.3 is 0 Å². The molecule has 0 fully saturated rings. The van der Waals surface area contributed by atoms with Crippen molar-refractivity contribution in [3.63, 3.8) is 0 Å². The average molecular weight is 421 g/mol. The fraction of sp³-hybridized carbons (Fsp3) is 0.286. The Labute approximate surface area is 171 Å². The first-order valence-electron chi connectivity index (χ1n) is 8.85. The Morgan fingerprint density at radius 1 is 1.11 bits per heavy atom. The lowest BCUT2D eigenvalue weighted by Gasteiger charge is -2.28. The smallest absolute Gasteiger partial charge is 0.251 e. The van der Waals surface area contributed by atoms with Gasteiger partial charge in [-0.15, -0.1) is 0 Å². The van der Waals surface area contributed by atoms with Crippen LogP contribution in [0.3, 0.4) is 0 Å². The third-order valence-electron chi connectivity index (χ3n) is 4.45. The van der Waals surface area contributed by atoms with Crippen molar-refractivity contribution in [3.05, 3.63) is 76.2 Å². The minimum Gasteiger partial charge on any atom is -0.368 e. The molecular weight excluding hydrogens is 396 g/mol. The first kappa shape index (κ1) is 22.0. The fourth-order valence-electron chi connectivity index (χ4n) is 2.69. The summed E-state index contributed by atoms with van der Waals surface area (Å²) in [5.41, 5.74) is 2.48. The molecule has 2 atom stereocenters. The van der Waals surface area contributed by atoms with Crippen molar-refractivity contribution in [2.24, 2.45) is 0 Å². The standard InChI is InChI=1S/C21H25ClN2O3S/c1-15(13-14-28(4,26)27)23-21(25)17-9-11-18(12-10-17)24(3)16(2)19-7-5-6-8-20(19)22/h5-16H,1-4H3,(H,23,25)/b14-13+/t15-,16+/m1/s1. The quantitative estimate of drug-likeness (QED) is 0.728. The second-order valence-corrected chi connectivity index (χ2v) is 9.11. The van der Waals surface area contributed by atoms with Gasteiger partial charge in [-0.1, -0.05) is 35.9 Å². The Bertz CT molecular complexity index is 956. The van der Waals surface area contributed by atoms with Gasteiger partial charge in [0.15, 0.2) is 9.84 Å². The lowest BCUT2D eigenvalue weighted by molar-refractivity contribution is 0.0947. The van der Waals surface area contributed by atoms with Crippen molar-refractivity contribution in [2.75, 3.05) is 18.2 Å². The van der Waals surface area contributed by atoms with E-state index in [0.29, 0.717) is 10.6 Å². The van der Waals surface area contributed by atoms with E-state index in [2.05, 4.69) is 17.1 Å². The van der Waals surface area contributed by atoms with Crippen LogP contribution < -0.4 is 10.2 Å². The van der Waals surface area contributed by atoms with Crippen LogP contribution in [0.1, 0.15) is 35.8 Å². The van der Waals surface area contributed by atoms with Crippen molar-refractivity contribution < 1.29 is 13.2 Å². The Morgan fingerprint density at radius 2 is 1.71 bits per heavy atom. The third-order valence-corrected chi connectivity index (χ3v) is 5.44. The number of sulfone groups is 1. The van der Waals surface area contributed by atoms with E-state index in [1.165, 1.54) is 6.08 Å². The lowest BCUT2D eigenvalue weighted by Crippen LogP contribution is -2.31. The van der Waals surface area contributed by atoms with E-state index in [4.69, 9.17) is 11.6 Å². The maximum Gasteiger partial charge on any atom is 0.251 e. The van der Waals surface area contributed by atoms with E-state index < -0.39 is 15.9 Å². The Balaban J connectivity index is 2.07. The van der Waals surface area contributed by atoms with E-state index in [-0.39, 0.29) is 11.9 Å². The molecule has 0 spiro atoms. The third kappa shape index (κ3) is 6.11. The van der Waals surface area contributed by atoms with Crippen LogP contribution >= 0.6 is 11.6 Å². The van der Waals surface area contributed by atoms with Gasteiger partial charge in [-0.05, 0) is 49.7 Å². The van der Waals surface area contributed by atoms with Gasteiger partial charge in [-0.2, -0.15) is 0 Å². The van der Waals surface area contributed by atoms with Crippen LogP contribution in [0, 0.1) is 0 Å². The topological polar surface area (TPSA) is 66.5 Å². The van der Waals surface area contributed by atoms with Crippen molar-refractivity contribution in [1.29, 1.82) is 0 Å². The number of anilines is 1. The van der Waals surface area contributed by atoms with Gasteiger partial charge in [0, 0.05) is 41.0 Å². The molecule has 1 N–H and O–H groups in total. The molecule has 5 nitrogen and oxygen atoms in total. The highest BCUT2D eigenvalue weighted by Gasteiger charge is 2.16. The molecule has 150 valence electrons. The molecule has 0 heterocycles. The molecular formula is C21H25ClN2O3S. The molecule has 2 rings (SSSR count). The summed E-state index contributed by atoms with van der Waals surface area (Å²) < 4.78 is 22.3. The number of carbonyl (C=O) groups excluding carboxylic acids is 1. The number of rotatable bonds is 7. The van der Waals surface area contributed by atoms with Gasteiger partial charge in [0.1, 0.15) is 0 Å². The maximum atomic E-state index is 12.3. The van der Waals surface area contributed by atoms with Gasteiger partial charge in [0.05, 0.1) is 6.04 Å². The van der Waals surface area contributed by atoms with Gasteiger partial charge in [0.2, 0.25) is 0 Å². The zero-order valence-corrected chi connectivity index (χ0v) is 18.0. The first-order chi connectivity index (χ1) is 13.1. The molecule has 2 aromatic rings. The molecule has 0 bridgehead atoms. The zero-order valence-electron chi connectivity index (χ0n) is 16.4. The van der Waals surface area contributed by atoms with Crippen LogP contribution in [0.5, 0.6) is 0 Å². The van der Waals surface area contributed by atoms with Crippen LogP contribution in [0.25, 0.3) is 0 Å². The SMILES string of the molecule is C[C@H](/C=C/S(C)(=O)=O)NC(=O)c1ccc(N(C)[C@@H](C)c2ccccc2Cl)cc1. The molecule has 1 amide bonds. The number of nitrogens with zero attached hydrogens (tertiary/aromatic N) is 1. The summed E-state index contributed by atoms with van der Waals surface area (Å²) >= 11 is 6.30. The second-order valence-electron chi connectivity index (χ2n) is 6.78. The largest absolute Gasteiger partial charge is 0.368 e. The molecule has 0 unspecified atom stereocenters. The van der Waals surface area contributed by atoms with Crippen LogP contribution in [-0.4, -0.2) is 33.7 Å². The molecule has 7 heteroatoms. The molecule has 0 aliphatic carbocycles. The highest BCUT2D eigenvalue weighted by atomic mass is 35.5. The van der Waals surface area contributed by atoms with Crippen molar-refractivity contribution in [2.45, 2.75) is 25.9 Å². The summed E-state index contributed by atoms with van der Waals surface area (Å²) in [7, 11) is -1.24. The van der Waals surface area contributed by atoms with Crippen molar-refractivity contribution in [1.82, 2.24) is 5.32 Å². The van der Waals surface area contributed by atoms with Gasteiger partial charge in [0.25, 0.3) is 5.91 Å². The molecule has 0 saturated carbocycles. The number of hydrogen-bond donors (Lipinski definition) is 1. The normalized spacial score (nSPS) is 13.9. The monoisotopic (exact) mass is 420 g/mol. The van der Waals surface area contributed by atoms with Gasteiger partial charge < -0.3 is 10.2 Å². The summed E-state index contributed by atoms with van der Waals surface area (Å²) in [5, 5.41) is 4.56. The molecule has 2 aromatic carbocycles. The minimum absolute atomic E-state index is 0.0644. The number of nitrogens with one attached hydrogen (secondary N) is 1. The Kier molecular flexibility index (Phi) is 7.27. The lowest BCUT2D eigenvalue weighted by atomic mass is 10.1. The predicted molar refractivity (Wildman–Crippen MR) is 116 cm³/mol. The Morgan fingerprint density at radius 3 is 2.29 bits per heavy atom. The summed E-state index contributed by atoms with van der Waals surface area (Å²) in [5.74, 6) is -0.265. The number of amides is 1. The molecule has 0 aliphatic heterocycles. The van der Waals surface area contributed by atoms with Crippen molar-refractivity contribution >= 4 is 33.0 Å². The maximum absolute atomic E-state index is 12.3. The number of halogens is 1. The summed E-state index contributed by atoms with van der Waals surface area (Å²) in [4.78, 5) is 14.4. The summed E-state index contributed by atoms with van der Waals surface area (Å²) in [6, 6.07) is 14.6. The molecule has 28 heavy (non-hydrogen) atoms. The van der Waals surface area contributed by atoms with Crippen LogP contribution in [0.4, 0.5) is 5.69 Å². The molecule has 0 radical (unpaired) electrons. The summed E-state index contributed by atoms with van der Waals surface area (Å²) in [6.07, 6.45) is 2.55. The van der Waals surface area contributed by atoms with Crippen molar-refractivity contribution in [3.8, 4) is 0 Å². The average Bonchev–Trinajstić information content (AvgIpc) is 2.65. The zero-order chi connectivity index (χ0) is 20.9. The number of hydrogen-bond acceptors (Lipinski definition) is 4. The van der Waals surface area contributed by atoms with Crippen LogP contribution in [0.15, 0.2) is 60.0 Å². The van der Waals surface area contributed by atoms with Gasteiger partial charge in [-0.25, -0.2) is 8.42 Å². The van der Waals surface area contributed by atoms with E-state index >= 15 is 0 Å². The Hall–Kier alpha value is -2.31. The first-order valence-corrected chi connectivity index (χ1v) is 11.2. The summed E-state index contributed by atoms with van der Waals surface area (Å²) in [6.45, 7) is 3.78. The van der Waals surface area contributed by atoms with E-state index in [0.717, 1.165) is 22.9 Å². The van der Waals surface area contributed by atoms with Gasteiger partial charge in [-0.3, -0.25) is 4.79 Å². The molecule has 0 saturated heterocycles.